The third-order valence-corrected chi connectivity index (χ3v) is 7.74. The van der Waals surface area contributed by atoms with Gasteiger partial charge in [-0.3, -0.25) is 0 Å². The van der Waals surface area contributed by atoms with Crippen molar-refractivity contribution in [2.24, 2.45) is 0 Å². The number of carbonyl (C=O) groups excluding carboxylic acids is 1. The maximum absolute atomic E-state index is 12.8. The number of benzene rings is 1. The van der Waals surface area contributed by atoms with Gasteiger partial charge in [0.05, 0.1) is 16.8 Å². The Morgan fingerprint density at radius 2 is 1.58 bits per heavy atom. The molecule has 1 N–H and O–H groups in total. The fourth-order valence-electron chi connectivity index (χ4n) is 5.44. The quantitative estimate of drug-likeness (QED) is 0.689. The smallest absolute Gasteiger partial charge is 0.444 e. The van der Waals surface area contributed by atoms with Gasteiger partial charge in [0.15, 0.2) is 0 Å². The minimum Gasteiger partial charge on any atom is -0.444 e. The number of carbonyl (C=O) groups is 1. The van der Waals surface area contributed by atoms with Gasteiger partial charge in [-0.25, -0.2) is 4.79 Å². The number of hydrogen-bond donors (Lipinski definition) is 1. The zero-order chi connectivity index (χ0) is 24.2. The van der Waals surface area contributed by atoms with Crippen LogP contribution in [0.1, 0.15) is 86.1 Å². The number of amides is 1. The number of hydrogen-bond acceptors (Lipinski definition) is 5. The minimum absolute atomic E-state index is 0.0291. The van der Waals surface area contributed by atoms with Gasteiger partial charge in [-0.2, -0.15) is 0 Å². The van der Waals surface area contributed by atoms with Crippen molar-refractivity contribution >= 4 is 18.7 Å². The third-order valence-electron chi connectivity index (χ3n) is 7.74. The molecule has 1 aromatic rings. The van der Waals surface area contributed by atoms with Gasteiger partial charge in [-0.1, -0.05) is 24.3 Å². The Morgan fingerprint density at radius 1 is 1.06 bits per heavy atom. The van der Waals surface area contributed by atoms with Gasteiger partial charge in [0, 0.05) is 18.5 Å². The second-order valence-electron chi connectivity index (χ2n) is 12.3. The molecule has 1 aromatic carbocycles. The average Bonchev–Trinajstić information content (AvgIpc) is 2.87. The molecule has 0 spiro atoms. The number of ether oxygens (including phenoxy) is 1. The van der Waals surface area contributed by atoms with Gasteiger partial charge < -0.3 is 24.1 Å². The van der Waals surface area contributed by atoms with E-state index in [9.17, 15) is 9.90 Å². The molecular weight excluding hydrogens is 417 g/mol. The van der Waals surface area contributed by atoms with E-state index in [1.807, 2.05) is 37.8 Å². The highest BCUT2D eigenvalue weighted by Crippen LogP contribution is 2.41. The van der Waals surface area contributed by atoms with E-state index >= 15 is 0 Å². The molecule has 33 heavy (non-hydrogen) atoms. The Bertz CT molecular complexity index is 846. The first-order valence-electron chi connectivity index (χ1n) is 12.4. The molecule has 3 fully saturated rings. The lowest BCUT2D eigenvalue weighted by Gasteiger charge is -2.51. The topological polar surface area (TPSA) is 68.2 Å². The highest BCUT2D eigenvalue weighted by molar-refractivity contribution is 6.62. The average molecular weight is 457 g/mol. The van der Waals surface area contributed by atoms with Gasteiger partial charge in [0.2, 0.25) is 0 Å². The lowest BCUT2D eigenvalue weighted by Crippen LogP contribution is -2.61. The van der Waals surface area contributed by atoms with Gasteiger partial charge in [0.1, 0.15) is 5.60 Å². The van der Waals surface area contributed by atoms with Crippen LogP contribution in [0.4, 0.5) is 4.79 Å². The Balaban J connectivity index is 1.43. The summed E-state index contributed by atoms with van der Waals surface area (Å²) in [4.78, 5) is 14.8. The molecule has 0 aromatic heterocycles. The first kappa shape index (κ1) is 24.6. The first-order valence-corrected chi connectivity index (χ1v) is 12.4. The summed E-state index contributed by atoms with van der Waals surface area (Å²) in [5, 5.41) is 11.6. The summed E-state index contributed by atoms with van der Waals surface area (Å²) < 4.78 is 18.0. The SMILES string of the molecule is CC(C)(C)OC(=O)N1C2CCCC1CC(O)(Cc1ccc(B3OC(C)(C)C(C)(C)O3)cc1)C2. The van der Waals surface area contributed by atoms with Crippen LogP contribution in [-0.4, -0.2) is 57.7 Å². The van der Waals surface area contributed by atoms with Crippen LogP contribution < -0.4 is 5.46 Å². The highest BCUT2D eigenvalue weighted by Gasteiger charge is 2.52. The van der Waals surface area contributed by atoms with Crippen molar-refractivity contribution in [3.8, 4) is 0 Å². The molecule has 3 aliphatic rings. The van der Waals surface area contributed by atoms with E-state index in [0.717, 1.165) is 30.3 Å². The normalized spacial score (nSPS) is 30.9. The van der Waals surface area contributed by atoms with Crippen LogP contribution in [0, 0.1) is 0 Å². The number of rotatable bonds is 3. The molecule has 182 valence electrons. The van der Waals surface area contributed by atoms with Crippen molar-refractivity contribution in [1.82, 2.24) is 4.90 Å². The van der Waals surface area contributed by atoms with E-state index in [1.165, 1.54) is 0 Å². The van der Waals surface area contributed by atoms with Crippen LogP contribution in [0.3, 0.4) is 0 Å². The molecule has 4 rings (SSSR count). The van der Waals surface area contributed by atoms with Gasteiger partial charge in [-0.05, 0) is 91.6 Å². The lowest BCUT2D eigenvalue weighted by atomic mass is 9.72. The van der Waals surface area contributed by atoms with Crippen LogP contribution in [0.5, 0.6) is 0 Å². The van der Waals surface area contributed by atoms with Crippen molar-refractivity contribution in [1.29, 1.82) is 0 Å². The van der Waals surface area contributed by atoms with Crippen LogP contribution >= 0.6 is 0 Å². The molecule has 3 heterocycles. The number of aliphatic hydroxyl groups is 1. The van der Waals surface area contributed by atoms with Crippen molar-refractivity contribution in [2.75, 3.05) is 0 Å². The van der Waals surface area contributed by atoms with Crippen molar-refractivity contribution in [2.45, 2.75) is 121 Å². The van der Waals surface area contributed by atoms with Crippen LogP contribution in [0.2, 0.25) is 0 Å². The van der Waals surface area contributed by atoms with Crippen LogP contribution in [0.25, 0.3) is 0 Å². The molecule has 2 bridgehead atoms. The molecular formula is C26H40BNO5. The summed E-state index contributed by atoms with van der Waals surface area (Å²) in [6, 6.07) is 8.26. The maximum atomic E-state index is 12.8. The van der Waals surface area contributed by atoms with E-state index in [1.54, 1.807) is 0 Å². The molecule has 2 atom stereocenters. The zero-order valence-corrected chi connectivity index (χ0v) is 21.3. The van der Waals surface area contributed by atoms with E-state index in [-0.39, 0.29) is 36.5 Å². The number of nitrogens with zero attached hydrogens (tertiary/aromatic N) is 1. The fourth-order valence-corrected chi connectivity index (χ4v) is 5.44. The van der Waals surface area contributed by atoms with Gasteiger partial charge in [-0.15, -0.1) is 0 Å². The molecule has 3 aliphatic heterocycles. The lowest BCUT2D eigenvalue weighted by molar-refractivity contribution is -0.0919. The highest BCUT2D eigenvalue weighted by atomic mass is 16.7. The Morgan fingerprint density at radius 3 is 2.06 bits per heavy atom. The predicted octanol–water partition coefficient (Wildman–Crippen LogP) is 4.21. The molecule has 7 heteroatoms. The summed E-state index contributed by atoms with van der Waals surface area (Å²) in [5.41, 5.74) is -0.00263. The first-order chi connectivity index (χ1) is 15.2. The van der Waals surface area contributed by atoms with E-state index in [4.69, 9.17) is 14.0 Å². The second-order valence-corrected chi connectivity index (χ2v) is 12.3. The summed E-state index contributed by atoms with van der Waals surface area (Å²) in [7, 11) is -0.386. The minimum atomic E-state index is -0.819. The molecule has 1 amide bonds. The standard InChI is InChI=1S/C26H40BNO5/c1-23(2,3)31-22(29)28-20-9-8-10-21(28)17-26(30,16-20)15-18-11-13-19(14-12-18)27-32-24(4,5)25(6,7)33-27/h11-14,20-21,30H,8-10,15-17H2,1-7H3. The summed E-state index contributed by atoms with van der Waals surface area (Å²) in [6.45, 7) is 13.9. The predicted molar refractivity (Wildman–Crippen MR) is 130 cm³/mol. The van der Waals surface area contributed by atoms with Crippen LogP contribution in [0.15, 0.2) is 24.3 Å². The molecule has 3 saturated heterocycles. The van der Waals surface area contributed by atoms with Gasteiger partial charge >= 0.3 is 13.2 Å². The second kappa shape index (κ2) is 8.28. The summed E-state index contributed by atoms with van der Waals surface area (Å²) in [5.74, 6) is 0. The molecule has 6 nitrogen and oxygen atoms in total. The summed E-state index contributed by atoms with van der Waals surface area (Å²) >= 11 is 0. The fraction of sp³-hybridized carbons (Fsp3) is 0.731. The third kappa shape index (κ3) is 5.10. The monoisotopic (exact) mass is 457 g/mol. The van der Waals surface area contributed by atoms with E-state index in [0.29, 0.717) is 19.3 Å². The molecule has 2 unspecified atom stereocenters. The Hall–Kier alpha value is -1.57. The molecule has 0 radical (unpaired) electrons. The molecule has 0 aliphatic carbocycles. The van der Waals surface area contributed by atoms with E-state index < -0.39 is 11.2 Å². The zero-order valence-electron chi connectivity index (χ0n) is 21.3. The maximum Gasteiger partial charge on any atom is 0.494 e. The summed E-state index contributed by atoms with van der Waals surface area (Å²) in [6.07, 6.45) is 4.42. The Labute approximate surface area is 199 Å². The number of piperidine rings is 2. The van der Waals surface area contributed by atoms with Crippen molar-refractivity contribution in [3.05, 3.63) is 29.8 Å². The van der Waals surface area contributed by atoms with Crippen LogP contribution in [-0.2, 0) is 20.5 Å². The Kier molecular flexibility index (Phi) is 6.16. The van der Waals surface area contributed by atoms with E-state index in [2.05, 4.69) is 39.8 Å². The largest absolute Gasteiger partial charge is 0.494 e. The van der Waals surface area contributed by atoms with Crippen molar-refractivity contribution < 1.29 is 23.9 Å². The van der Waals surface area contributed by atoms with Crippen molar-refractivity contribution in [3.63, 3.8) is 0 Å². The van der Waals surface area contributed by atoms with Gasteiger partial charge in [0.25, 0.3) is 0 Å². The molecule has 0 saturated carbocycles. The number of fused-ring (bicyclic) bond motifs is 2.